The number of ether oxygens (including phenoxy) is 1. The summed E-state index contributed by atoms with van der Waals surface area (Å²) in [5.41, 5.74) is -2.56. The minimum absolute atomic E-state index is 0.0235. The van der Waals surface area contributed by atoms with Crippen LogP contribution in [0, 0.1) is 12.8 Å². The molecule has 1 aromatic heterocycles. The molecule has 1 saturated carbocycles. The molecule has 3 fully saturated rings. The number of alkyl halides is 1. The number of hydrogen-bond acceptors (Lipinski definition) is 8. The molecule has 0 spiro atoms. The second-order valence-electron chi connectivity index (χ2n) is 12.9. The van der Waals surface area contributed by atoms with E-state index in [-0.39, 0.29) is 28.1 Å². The molecule has 0 unspecified atom stereocenters. The molecule has 4 rings (SSSR count). The molecular weight excluding hydrogens is 578 g/mol. The first-order valence-corrected chi connectivity index (χ1v) is 20.4. The van der Waals surface area contributed by atoms with Gasteiger partial charge in [-0.05, 0) is 75.9 Å². The van der Waals surface area contributed by atoms with E-state index in [0.717, 1.165) is 29.4 Å². The van der Waals surface area contributed by atoms with Gasteiger partial charge in [-0.25, -0.2) is 9.18 Å². The van der Waals surface area contributed by atoms with Crippen LogP contribution in [0.5, 0.6) is 0 Å². The van der Waals surface area contributed by atoms with Gasteiger partial charge in [0.15, 0.2) is 20.7 Å². The van der Waals surface area contributed by atoms with Gasteiger partial charge < -0.3 is 18.2 Å². The maximum absolute atomic E-state index is 16.1. The van der Waals surface area contributed by atoms with Crippen molar-refractivity contribution in [3.8, 4) is 0 Å². The smallest absolute Gasteiger partial charge is 0.330 e. The fourth-order valence-corrected chi connectivity index (χ4v) is 13.5. The SMILES string of the molecule is C=C(C)[C@H]1CC[C@@]2(C)S[P@](=S)(OC[C@H]3O[C@@H](n4cc(C)c(=O)[nH]c4=O)[C@H](F)[C@@H]3O[Si](C)(C)C(C)(C)C)O[C@@H]2C1. The Bertz CT molecular complexity index is 1280. The number of H-pyrrole nitrogens is 1. The van der Waals surface area contributed by atoms with Gasteiger partial charge in [-0.1, -0.05) is 44.3 Å². The van der Waals surface area contributed by atoms with Gasteiger partial charge in [-0.2, -0.15) is 0 Å². The Labute approximate surface area is 240 Å². The van der Waals surface area contributed by atoms with E-state index in [2.05, 4.69) is 46.2 Å². The van der Waals surface area contributed by atoms with Gasteiger partial charge in [0, 0.05) is 16.5 Å². The molecule has 1 N–H and O–H groups in total. The third-order valence-corrected chi connectivity index (χ3v) is 19.1. The fraction of sp³-hybridized carbons (Fsp3) is 0.769. The highest BCUT2D eigenvalue weighted by Gasteiger charge is 2.55. The quantitative estimate of drug-likeness (QED) is 0.226. The molecular formula is C26H42FN2O6PS2Si. The Kier molecular flexibility index (Phi) is 8.77. The first kappa shape index (κ1) is 31.3. The van der Waals surface area contributed by atoms with Crippen LogP contribution in [-0.4, -0.2) is 53.7 Å². The average molecular weight is 621 g/mol. The number of hydrogen-bond donors (Lipinski definition) is 1. The summed E-state index contributed by atoms with van der Waals surface area (Å²) in [5.74, 6) is 0.401. The van der Waals surface area contributed by atoms with Crippen molar-refractivity contribution in [2.45, 2.75) is 114 Å². The van der Waals surface area contributed by atoms with Crippen LogP contribution in [0.15, 0.2) is 27.9 Å². The predicted molar refractivity (Wildman–Crippen MR) is 160 cm³/mol. The molecule has 0 aromatic carbocycles. The summed E-state index contributed by atoms with van der Waals surface area (Å²) >= 11 is 7.53. The molecule has 3 heterocycles. The van der Waals surface area contributed by atoms with Gasteiger partial charge in [0.1, 0.15) is 12.2 Å². The molecule has 2 saturated heterocycles. The highest BCUT2D eigenvalue weighted by Crippen LogP contribution is 2.75. The molecule has 39 heavy (non-hydrogen) atoms. The number of aromatic nitrogens is 2. The van der Waals surface area contributed by atoms with Crippen molar-refractivity contribution in [3.63, 3.8) is 0 Å². The van der Waals surface area contributed by atoms with Crippen LogP contribution in [0.1, 0.15) is 65.7 Å². The van der Waals surface area contributed by atoms with Crippen molar-refractivity contribution in [3.05, 3.63) is 44.8 Å². The van der Waals surface area contributed by atoms with E-state index in [1.807, 2.05) is 13.1 Å². The van der Waals surface area contributed by atoms with Gasteiger partial charge >= 0.3 is 5.69 Å². The molecule has 1 aromatic rings. The normalized spacial score (nSPS) is 37.2. The Hall–Kier alpha value is -0.593. The van der Waals surface area contributed by atoms with E-state index >= 15 is 4.39 Å². The van der Waals surface area contributed by atoms with Crippen molar-refractivity contribution in [2.24, 2.45) is 5.92 Å². The summed E-state index contributed by atoms with van der Waals surface area (Å²) in [6.07, 6.45) is -0.573. The molecule has 13 heteroatoms. The number of aromatic amines is 1. The largest absolute Gasteiger partial charge is 0.408 e. The predicted octanol–water partition coefficient (Wildman–Crippen LogP) is 5.98. The molecule has 3 aliphatic rings. The number of aryl methyl sites for hydroxylation is 1. The van der Waals surface area contributed by atoms with E-state index in [1.54, 1.807) is 18.3 Å². The molecule has 2 aliphatic heterocycles. The second-order valence-corrected chi connectivity index (χ2v) is 24.2. The lowest BCUT2D eigenvalue weighted by Gasteiger charge is -2.39. The van der Waals surface area contributed by atoms with Gasteiger partial charge in [0.2, 0.25) is 5.69 Å². The molecule has 0 amide bonds. The summed E-state index contributed by atoms with van der Waals surface area (Å²) in [6.45, 7) is 20.2. The molecule has 0 bridgehead atoms. The summed E-state index contributed by atoms with van der Waals surface area (Å²) in [5, 5.41) is -0.178. The summed E-state index contributed by atoms with van der Waals surface area (Å²) in [4.78, 5) is 26.8. The molecule has 1 aliphatic carbocycles. The number of nitrogens with one attached hydrogen (secondary N) is 1. The highest BCUT2D eigenvalue weighted by atomic mass is 32.9. The first-order chi connectivity index (χ1) is 17.9. The van der Waals surface area contributed by atoms with Crippen LogP contribution in [0.3, 0.4) is 0 Å². The number of nitrogens with zero attached hydrogens (tertiary/aromatic N) is 1. The Balaban J connectivity index is 1.57. The fourth-order valence-electron chi connectivity index (χ4n) is 5.09. The van der Waals surface area contributed by atoms with Gasteiger partial charge in [-0.15, -0.1) is 0 Å². The zero-order valence-electron chi connectivity index (χ0n) is 24.1. The zero-order chi connectivity index (χ0) is 29.1. The van der Waals surface area contributed by atoms with E-state index in [0.29, 0.717) is 5.92 Å². The Morgan fingerprint density at radius 3 is 2.69 bits per heavy atom. The van der Waals surface area contributed by atoms with Crippen molar-refractivity contribution < 1.29 is 22.6 Å². The molecule has 8 nitrogen and oxygen atoms in total. The van der Waals surface area contributed by atoms with Crippen molar-refractivity contribution in [2.75, 3.05) is 6.61 Å². The minimum Gasteiger partial charge on any atom is -0.408 e. The molecule has 0 radical (unpaired) electrons. The lowest BCUT2D eigenvalue weighted by Crippen LogP contribution is -2.49. The van der Waals surface area contributed by atoms with Gasteiger partial charge in [-0.3, -0.25) is 14.3 Å². The van der Waals surface area contributed by atoms with E-state index in [9.17, 15) is 9.59 Å². The van der Waals surface area contributed by atoms with Crippen LogP contribution in [0.25, 0.3) is 0 Å². The zero-order valence-corrected chi connectivity index (χ0v) is 27.6. The number of fused-ring (bicyclic) bond motifs is 1. The minimum atomic E-state index is -2.74. The summed E-state index contributed by atoms with van der Waals surface area (Å²) in [7, 11) is -2.43. The average Bonchev–Trinajstić information content (AvgIpc) is 3.25. The van der Waals surface area contributed by atoms with Crippen molar-refractivity contribution in [1.29, 1.82) is 0 Å². The second kappa shape index (κ2) is 10.9. The van der Waals surface area contributed by atoms with E-state index in [4.69, 9.17) is 30.0 Å². The van der Waals surface area contributed by atoms with Crippen LogP contribution in [-0.2, 0) is 30.0 Å². The topological polar surface area (TPSA) is 91.8 Å². The number of allylic oxidation sites excluding steroid dienone is 1. The molecule has 8 atom stereocenters. The van der Waals surface area contributed by atoms with Crippen molar-refractivity contribution in [1.82, 2.24) is 9.55 Å². The third-order valence-electron chi connectivity index (χ3n) is 8.76. The lowest BCUT2D eigenvalue weighted by molar-refractivity contribution is -0.0441. The van der Waals surface area contributed by atoms with Gasteiger partial charge in [0.05, 0.1) is 12.7 Å². The van der Waals surface area contributed by atoms with Crippen LogP contribution in [0.2, 0.25) is 18.1 Å². The van der Waals surface area contributed by atoms with Crippen LogP contribution >= 0.6 is 17.1 Å². The van der Waals surface area contributed by atoms with Gasteiger partial charge in [0.25, 0.3) is 5.56 Å². The maximum atomic E-state index is 16.1. The van der Waals surface area contributed by atoms with E-state index < -0.39 is 49.9 Å². The Morgan fingerprint density at radius 2 is 2.08 bits per heavy atom. The van der Waals surface area contributed by atoms with Crippen LogP contribution in [0.4, 0.5) is 4.39 Å². The molecule has 220 valence electrons. The highest BCUT2D eigenvalue weighted by molar-refractivity contribution is 8.68. The summed E-state index contributed by atoms with van der Waals surface area (Å²) in [6, 6.07) is 0. The number of rotatable bonds is 7. The lowest BCUT2D eigenvalue weighted by atomic mass is 9.77. The standard InChI is InChI=1S/C26H42FN2O6PS2Si/c1-15(2)17-10-11-26(7)19(12-17)34-36(37,38-26)32-14-18-21(35-39(8,9)25(4,5)6)20(27)23(33-18)29-13-16(3)22(30)28-24(29)31/h13,17-21,23H,1,10-12,14H2,2-9H3,(H,28,30,31)/t17-,18+,19+,20+,21+,23+,26+,36+/m0/s1. The summed E-state index contributed by atoms with van der Waals surface area (Å²) < 4.78 is 42.5. The Morgan fingerprint density at radius 1 is 1.41 bits per heavy atom. The maximum Gasteiger partial charge on any atom is 0.330 e. The monoisotopic (exact) mass is 620 g/mol. The van der Waals surface area contributed by atoms with Crippen LogP contribution < -0.4 is 11.2 Å². The third kappa shape index (κ3) is 6.28. The van der Waals surface area contributed by atoms with E-state index in [1.165, 1.54) is 6.20 Å². The first-order valence-electron chi connectivity index (χ1n) is 13.4. The number of halogens is 1. The van der Waals surface area contributed by atoms with Crippen molar-refractivity contribution >= 4 is 37.2 Å².